The van der Waals surface area contributed by atoms with Crippen LogP contribution in [0.15, 0.2) is 52.9 Å². The van der Waals surface area contributed by atoms with Crippen molar-refractivity contribution >= 4 is 52.1 Å². The number of carbonyl (C=O) groups is 1. The number of anilines is 2. The molecule has 1 amide bonds. The Hall–Kier alpha value is -2.18. The van der Waals surface area contributed by atoms with Crippen LogP contribution in [-0.2, 0) is 4.74 Å². The fraction of sp³-hybridized carbons (Fsp3) is 0.190. The largest absolute Gasteiger partial charge is 0.451 e. The van der Waals surface area contributed by atoms with Gasteiger partial charge in [-0.3, -0.25) is 4.79 Å². The van der Waals surface area contributed by atoms with Gasteiger partial charge in [0.2, 0.25) is 0 Å². The molecule has 0 atom stereocenters. The highest BCUT2D eigenvalue weighted by Crippen LogP contribution is 2.36. The van der Waals surface area contributed by atoms with Crippen LogP contribution in [0.4, 0.5) is 11.4 Å². The lowest BCUT2D eigenvalue weighted by Gasteiger charge is -2.31. The first kappa shape index (κ1) is 20.1. The number of amides is 1. The highest BCUT2D eigenvalue weighted by Gasteiger charge is 2.21. The van der Waals surface area contributed by atoms with Gasteiger partial charge in [-0.05, 0) is 36.4 Å². The van der Waals surface area contributed by atoms with Crippen molar-refractivity contribution in [3.05, 3.63) is 69.4 Å². The van der Waals surface area contributed by atoms with E-state index in [1.807, 2.05) is 6.07 Å². The Bertz CT molecular complexity index is 1050. The van der Waals surface area contributed by atoms with Crippen molar-refractivity contribution in [3.63, 3.8) is 0 Å². The Kier molecular flexibility index (Phi) is 6.01. The molecule has 5 nitrogen and oxygen atoms in total. The summed E-state index contributed by atoms with van der Waals surface area (Å²) in [5.74, 6) is 0.234. The highest BCUT2D eigenvalue weighted by molar-refractivity contribution is 6.43. The SMILES string of the molecule is O=C(Nc1cccc(Cl)c1N1CCOCC1)c1ccc(-c2cccc(Cl)c2Cl)o1. The topological polar surface area (TPSA) is 54.7 Å². The van der Waals surface area contributed by atoms with Crippen LogP contribution in [0.3, 0.4) is 0 Å². The molecule has 1 saturated heterocycles. The molecule has 4 rings (SSSR count). The van der Waals surface area contributed by atoms with E-state index in [9.17, 15) is 4.79 Å². The van der Waals surface area contributed by atoms with Gasteiger partial charge in [-0.2, -0.15) is 0 Å². The average molecular weight is 452 g/mol. The number of rotatable bonds is 4. The Labute approximate surface area is 183 Å². The van der Waals surface area contributed by atoms with Gasteiger partial charge in [-0.25, -0.2) is 0 Å². The maximum absolute atomic E-state index is 12.8. The molecule has 0 saturated carbocycles. The molecule has 29 heavy (non-hydrogen) atoms. The van der Waals surface area contributed by atoms with E-state index in [1.165, 1.54) is 0 Å². The van der Waals surface area contributed by atoms with Crippen LogP contribution in [0.1, 0.15) is 10.6 Å². The summed E-state index contributed by atoms with van der Waals surface area (Å²) in [6.45, 7) is 2.62. The van der Waals surface area contributed by atoms with Gasteiger partial charge >= 0.3 is 0 Å². The molecule has 1 aliphatic heterocycles. The summed E-state index contributed by atoms with van der Waals surface area (Å²) in [5.41, 5.74) is 2.01. The number of nitrogens with one attached hydrogen (secondary N) is 1. The fourth-order valence-corrected chi connectivity index (χ4v) is 3.89. The number of ether oxygens (including phenoxy) is 1. The summed E-state index contributed by atoms with van der Waals surface area (Å²) in [6.07, 6.45) is 0. The van der Waals surface area contributed by atoms with Gasteiger partial charge in [0, 0.05) is 18.7 Å². The van der Waals surface area contributed by atoms with Crippen LogP contribution < -0.4 is 10.2 Å². The van der Waals surface area contributed by atoms with E-state index in [-0.39, 0.29) is 11.7 Å². The summed E-state index contributed by atoms with van der Waals surface area (Å²) in [7, 11) is 0. The third-order valence-electron chi connectivity index (χ3n) is 4.61. The van der Waals surface area contributed by atoms with E-state index in [0.717, 1.165) is 5.69 Å². The molecule has 150 valence electrons. The van der Waals surface area contributed by atoms with Crippen LogP contribution in [-0.4, -0.2) is 32.2 Å². The molecule has 2 heterocycles. The second kappa shape index (κ2) is 8.67. The summed E-state index contributed by atoms with van der Waals surface area (Å²) < 4.78 is 11.1. The van der Waals surface area contributed by atoms with E-state index >= 15 is 0 Å². The molecule has 1 aromatic heterocycles. The first-order valence-corrected chi connectivity index (χ1v) is 10.1. The number of morpholine rings is 1. The van der Waals surface area contributed by atoms with Crippen LogP contribution in [0, 0.1) is 0 Å². The van der Waals surface area contributed by atoms with Crippen molar-refractivity contribution in [2.75, 3.05) is 36.5 Å². The molecule has 1 fully saturated rings. The molecular weight excluding hydrogens is 435 g/mol. The molecule has 1 aliphatic rings. The number of furan rings is 1. The normalized spacial score (nSPS) is 14.1. The van der Waals surface area contributed by atoms with Crippen molar-refractivity contribution in [2.24, 2.45) is 0 Å². The second-order valence-corrected chi connectivity index (χ2v) is 7.65. The molecular formula is C21H17Cl3N2O3. The molecule has 1 N–H and O–H groups in total. The second-order valence-electron chi connectivity index (χ2n) is 6.45. The van der Waals surface area contributed by atoms with Crippen LogP contribution in [0.25, 0.3) is 11.3 Å². The van der Waals surface area contributed by atoms with E-state index in [1.54, 1.807) is 42.5 Å². The molecule has 0 unspecified atom stereocenters. The van der Waals surface area contributed by atoms with Crippen molar-refractivity contribution in [2.45, 2.75) is 0 Å². The minimum Gasteiger partial charge on any atom is -0.451 e. The lowest BCUT2D eigenvalue weighted by atomic mass is 10.2. The van der Waals surface area contributed by atoms with Crippen molar-refractivity contribution in [1.29, 1.82) is 0 Å². The number of para-hydroxylation sites is 1. The van der Waals surface area contributed by atoms with Gasteiger partial charge in [-0.1, -0.05) is 46.9 Å². The average Bonchev–Trinajstić information content (AvgIpc) is 3.21. The van der Waals surface area contributed by atoms with E-state index in [0.29, 0.717) is 58.4 Å². The van der Waals surface area contributed by atoms with E-state index in [4.69, 9.17) is 44.0 Å². The standard InChI is InChI=1S/C21H17Cl3N2O3/c22-14-4-1-3-13(19(14)24)17-7-8-18(29-17)21(27)25-16-6-2-5-15(23)20(16)26-9-11-28-12-10-26/h1-8H,9-12H2,(H,25,27). The van der Waals surface area contributed by atoms with Gasteiger partial charge in [-0.15, -0.1) is 0 Å². The van der Waals surface area contributed by atoms with Crippen LogP contribution in [0.5, 0.6) is 0 Å². The monoisotopic (exact) mass is 450 g/mol. The van der Waals surface area contributed by atoms with Crippen molar-refractivity contribution in [1.82, 2.24) is 0 Å². The van der Waals surface area contributed by atoms with Gasteiger partial charge in [0.1, 0.15) is 5.76 Å². The molecule has 3 aromatic rings. The van der Waals surface area contributed by atoms with Gasteiger partial charge in [0.25, 0.3) is 5.91 Å². The first-order valence-electron chi connectivity index (χ1n) is 9.01. The quantitative estimate of drug-likeness (QED) is 0.529. The minimum atomic E-state index is -0.383. The lowest BCUT2D eigenvalue weighted by Crippen LogP contribution is -2.37. The number of carbonyl (C=O) groups excluding carboxylic acids is 1. The number of nitrogens with zero attached hydrogens (tertiary/aromatic N) is 1. The predicted octanol–water partition coefficient (Wildman–Crippen LogP) is 6.00. The first-order chi connectivity index (χ1) is 14.0. The molecule has 0 aliphatic carbocycles. The van der Waals surface area contributed by atoms with Gasteiger partial charge < -0.3 is 19.4 Å². The van der Waals surface area contributed by atoms with Crippen LogP contribution >= 0.6 is 34.8 Å². The molecule has 8 heteroatoms. The number of halogens is 3. The Morgan fingerprint density at radius 3 is 2.45 bits per heavy atom. The zero-order valence-corrected chi connectivity index (χ0v) is 17.5. The third-order valence-corrected chi connectivity index (χ3v) is 5.73. The van der Waals surface area contributed by atoms with Gasteiger partial charge in [0.05, 0.1) is 39.7 Å². The fourth-order valence-electron chi connectivity index (χ4n) is 3.21. The van der Waals surface area contributed by atoms with E-state index in [2.05, 4.69) is 10.2 Å². The Morgan fingerprint density at radius 1 is 0.931 bits per heavy atom. The summed E-state index contributed by atoms with van der Waals surface area (Å²) in [6, 6.07) is 13.9. The smallest absolute Gasteiger partial charge is 0.291 e. The predicted molar refractivity (Wildman–Crippen MR) is 117 cm³/mol. The maximum Gasteiger partial charge on any atom is 0.291 e. The summed E-state index contributed by atoms with van der Waals surface area (Å²) in [4.78, 5) is 14.9. The number of benzene rings is 2. The zero-order valence-electron chi connectivity index (χ0n) is 15.3. The number of hydrogen-bond acceptors (Lipinski definition) is 4. The summed E-state index contributed by atoms with van der Waals surface area (Å²) >= 11 is 18.7. The van der Waals surface area contributed by atoms with E-state index < -0.39 is 0 Å². The minimum absolute atomic E-state index is 0.156. The molecule has 0 bridgehead atoms. The van der Waals surface area contributed by atoms with Crippen molar-refractivity contribution in [3.8, 4) is 11.3 Å². The van der Waals surface area contributed by atoms with Crippen LogP contribution in [0.2, 0.25) is 15.1 Å². The third kappa shape index (κ3) is 4.23. The summed E-state index contributed by atoms with van der Waals surface area (Å²) in [5, 5.41) is 4.25. The molecule has 0 spiro atoms. The number of hydrogen-bond donors (Lipinski definition) is 1. The molecule has 2 aromatic carbocycles. The Balaban J connectivity index is 1.59. The van der Waals surface area contributed by atoms with Crippen molar-refractivity contribution < 1.29 is 13.9 Å². The maximum atomic E-state index is 12.8. The highest BCUT2D eigenvalue weighted by atomic mass is 35.5. The Morgan fingerprint density at radius 2 is 1.66 bits per heavy atom. The molecule has 0 radical (unpaired) electrons. The lowest BCUT2D eigenvalue weighted by molar-refractivity contribution is 0.0997. The van der Waals surface area contributed by atoms with Gasteiger partial charge in [0.15, 0.2) is 5.76 Å². The zero-order chi connectivity index (χ0) is 20.4.